The first-order valence-electron chi connectivity index (χ1n) is 5.89. The minimum Gasteiger partial charge on any atom is -0.317 e. The van der Waals surface area contributed by atoms with Gasteiger partial charge < -0.3 is 10.2 Å². The first-order valence-corrected chi connectivity index (χ1v) is 5.89. The average molecular weight is 197 g/mol. The van der Waals surface area contributed by atoms with Crippen molar-refractivity contribution in [3.05, 3.63) is 0 Å². The lowest BCUT2D eigenvalue weighted by molar-refractivity contribution is 0.112. The molecule has 2 rings (SSSR count). The highest BCUT2D eigenvalue weighted by Crippen LogP contribution is 2.24. The Bertz CT molecular complexity index is 175. The molecule has 14 heavy (non-hydrogen) atoms. The summed E-state index contributed by atoms with van der Waals surface area (Å²) in [6, 6.07) is 1.64. The van der Waals surface area contributed by atoms with Crippen molar-refractivity contribution in [3.63, 3.8) is 0 Å². The van der Waals surface area contributed by atoms with Gasteiger partial charge in [-0.25, -0.2) is 0 Å². The number of nitrogens with one attached hydrogen (secondary N) is 1. The van der Waals surface area contributed by atoms with Crippen molar-refractivity contribution in [2.75, 3.05) is 40.3 Å². The Morgan fingerprint density at radius 3 is 2.36 bits per heavy atom. The fraction of sp³-hybridized carbons (Fsp3) is 1.00. The third kappa shape index (κ3) is 2.27. The van der Waals surface area contributed by atoms with E-state index in [1.807, 2.05) is 0 Å². The summed E-state index contributed by atoms with van der Waals surface area (Å²) in [6.07, 6.45) is 4.13. The van der Waals surface area contributed by atoms with Gasteiger partial charge >= 0.3 is 0 Å². The fourth-order valence-electron chi connectivity index (χ4n) is 2.74. The zero-order valence-electron chi connectivity index (χ0n) is 9.50. The summed E-state index contributed by atoms with van der Waals surface area (Å²) in [6.45, 7) is 5.05. The molecule has 1 N–H and O–H groups in total. The van der Waals surface area contributed by atoms with Crippen molar-refractivity contribution in [3.8, 4) is 0 Å². The molecule has 2 aliphatic rings. The Kier molecular flexibility index (Phi) is 3.42. The van der Waals surface area contributed by atoms with Crippen LogP contribution >= 0.6 is 0 Å². The van der Waals surface area contributed by atoms with E-state index in [4.69, 9.17) is 0 Å². The van der Waals surface area contributed by atoms with Gasteiger partial charge in [-0.1, -0.05) is 0 Å². The summed E-state index contributed by atoms with van der Waals surface area (Å²) in [5, 5.41) is 3.40. The first kappa shape index (κ1) is 10.4. The lowest BCUT2D eigenvalue weighted by atomic mass is 10.2. The molecular weight excluding hydrogens is 174 g/mol. The van der Waals surface area contributed by atoms with E-state index in [1.165, 1.54) is 45.4 Å². The fourth-order valence-corrected chi connectivity index (χ4v) is 2.74. The lowest BCUT2D eigenvalue weighted by Gasteiger charge is -2.36. The van der Waals surface area contributed by atoms with Gasteiger partial charge in [0.1, 0.15) is 0 Å². The molecule has 1 aliphatic carbocycles. The maximum atomic E-state index is 3.40. The number of hydrogen-bond acceptors (Lipinski definition) is 3. The van der Waals surface area contributed by atoms with Crippen LogP contribution in [0.5, 0.6) is 0 Å². The van der Waals surface area contributed by atoms with Gasteiger partial charge in [0.25, 0.3) is 0 Å². The minimum atomic E-state index is 0.777. The first-order chi connectivity index (χ1) is 6.79. The van der Waals surface area contributed by atoms with Crippen molar-refractivity contribution in [2.45, 2.75) is 31.3 Å². The molecule has 1 saturated heterocycles. The standard InChI is InChI=1S/C11H23N3/c1-12-10-3-4-11(9-10)14-7-5-13(2)6-8-14/h10-12H,3-9H2,1-2H3. The minimum absolute atomic E-state index is 0.777. The molecule has 0 bridgehead atoms. The molecule has 1 aliphatic heterocycles. The largest absolute Gasteiger partial charge is 0.317 e. The van der Waals surface area contributed by atoms with E-state index < -0.39 is 0 Å². The molecule has 1 heterocycles. The SMILES string of the molecule is CNC1CCC(N2CCN(C)CC2)C1. The second kappa shape index (κ2) is 4.60. The van der Waals surface area contributed by atoms with Gasteiger partial charge in [-0.15, -0.1) is 0 Å². The van der Waals surface area contributed by atoms with Gasteiger partial charge in [0, 0.05) is 38.3 Å². The quantitative estimate of drug-likeness (QED) is 0.690. The molecule has 1 saturated carbocycles. The van der Waals surface area contributed by atoms with Crippen LogP contribution in [0.1, 0.15) is 19.3 Å². The summed E-state index contributed by atoms with van der Waals surface area (Å²) in [4.78, 5) is 5.12. The van der Waals surface area contributed by atoms with E-state index in [-0.39, 0.29) is 0 Å². The van der Waals surface area contributed by atoms with Crippen molar-refractivity contribution < 1.29 is 0 Å². The van der Waals surface area contributed by atoms with Gasteiger partial charge in [0.15, 0.2) is 0 Å². The Balaban J connectivity index is 1.79. The topological polar surface area (TPSA) is 18.5 Å². The summed E-state index contributed by atoms with van der Waals surface area (Å²) < 4.78 is 0. The maximum absolute atomic E-state index is 3.40. The third-order valence-corrected chi connectivity index (χ3v) is 3.87. The molecule has 2 unspecified atom stereocenters. The van der Waals surface area contributed by atoms with Crippen molar-refractivity contribution in [1.29, 1.82) is 0 Å². The lowest BCUT2D eigenvalue weighted by Crippen LogP contribution is -2.48. The van der Waals surface area contributed by atoms with Crippen molar-refractivity contribution in [2.24, 2.45) is 0 Å². The molecule has 0 spiro atoms. The van der Waals surface area contributed by atoms with E-state index in [9.17, 15) is 0 Å². The number of rotatable bonds is 2. The van der Waals surface area contributed by atoms with Crippen molar-refractivity contribution >= 4 is 0 Å². The summed E-state index contributed by atoms with van der Waals surface area (Å²) in [5.41, 5.74) is 0. The Morgan fingerprint density at radius 1 is 1.07 bits per heavy atom. The molecule has 0 amide bonds. The van der Waals surface area contributed by atoms with Crippen LogP contribution in [0.15, 0.2) is 0 Å². The number of nitrogens with zero attached hydrogens (tertiary/aromatic N) is 2. The van der Waals surface area contributed by atoms with E-state index in [2.05, 4.69) is 29.2 Å². The second-order valence-electron chi connectivity index (χ2n) is 4.79. The Labute approximate surface area is 87.4 Å². The Hall–Kier alpha value is -0.120. The highest BCUT2D eigenvalue weighted by atomic mass is 15.3. The predicted octanol–water partition coefficient (Wildman–Crippen LogP) is 0.374. The highest BCUT2D eigenvalue weighted by molar-refractivity contribution is 4.87. The van der Waals surface area contributed by atoms with E-state index in [0.717, 1.165) is 12.1 Å². The molecule has 2 fully saturated rings. The van der Waals surface area contributed by atoms with Crippen LogP contribution in [0.3, 0.4) is 0 Å². The smallest absolute Gasteiger partial charge is 0.0113 e. The molecule has 82 valence electrons. The predicted molar refractivity (Wildman–Crippen MR) is 59.6 cm³/mol. The zero-order chi connectivity index (χ0) is 9.97. The van der Waals surface area contributed by atoms with Gasteiger partial charge in [-0.2, -0.15) is 0 Å². The van der Waals surface area contributed by atoms with Crippen LogP contribution in [-0.2, 0) is 0 Å². The van der Waals surface area contributed by atoms with Gasteiger partial charge in [0.05, 0.1) is 0 Å². The highest BCUT2D eigenvalue weighted by Gasteiger charge is 2.29. The monoisotopic (exact) mass is 197 g/mol. The van der Waals surface area contributed by atoms with Crippen LogP contribution in [0.4, 0.5) is 0 Å². The van der Waals surface area contributed by atoms with E-state index in [0.29, 0.717) is 0 Å². The van der Waals surface area contributed by atoms with E-state index >= 15 is 0 Å². The van der Waals surface area contributed by atoms with Crippen LogP contribution in [-0.4, -0.2) is 62.2 Å². The molecule has 0 aromatic carbocycles. The maximum Gasteiger partial charge on any atom is 0.0113 e. The van der Waals surface area contributed by atoms with E-state index in [1.54, 1.807) is 0 Å². The van der Waals surface area contributed by atoms with Gasteiger partial charge in [-0.3, -0.25) is 4.90 Å². The normalized spacial score (nSPS) is 36.4. The summed E-state index contributed by atoms with van der Waals surface area (Å²) in [7, 11) is 4.32. The molecule has 2 atom stereocenters. The Morgan fingerprint density at radius 2 is 1.79 bits per heavy atom. The van der Waals surface area contributed by atoms with Gasteiger partial charge in [-0.05, 0) is 33.4 Å². The van der Waals surface area contributed by atoms with Gasteiger partial charge in [0.2, 0.25) is 0 Å². The second-order valence-corrected chi connectivity index (χ2v) is 4.79. The van der Waals surface area contributed by atoms with Crippen LogP contribution in [0, 0.1) is 0 Å². The average Bonchev–Trinajstić information content (AvgIpc) is 2.67. The summed E-state index contributed by atoms with van der Waals surface area (Å²) in [5.74, 6) is 0. The third-order valence-electron chi connectivity index (χ3n) is 3.87. The zero-order valence-corrected chi connectivity index (χ0v) is 9.50. The summed E-state index contributed by atoms with van der Waals surface area (Å²) >= 11 is 0. The van der Waals surface area contributed by atoms with Crippen LogP contribution in [0.2, 0.25) is 0 Å². The number of piperazine rings is 1. The molecule has 0 aromatic heterocycles. The molecule has 3 nitrogen and oxygen atoms in total. The molecule has 0 aromatic rings. The molecular formula is C11H23N3. The molecule has 0 radical (unpaired) electrons. The number of hydrogen-bond donors (Lipinski definition) is 1. The van der Waals surface area contributed by atoms with Crippen molar-refractivity contribution in [1.82, 2.24) is 15.1 Å². The molecule has 3 heteroatoms. The van der Waals surface area contributed by atoms with Crippen LogP contribution < -0.4 is 5.32 Å². The number of likely N-dealkylation sites (N-methyl/N-ethyl adjacent to an activating group) is 1. The van der Waals surface area contributed by atoms with Crippen LogP contribution in [0.25, 0.3) is 0 Å².